The van der Waals surface area contributed by atoms with Gasteiger partial charge in [-0.05, 0) is 82.6 Å². The molecule has 0 N–H and O–H groups in total. The van der Waals surface area contributed by atoms with Crippen LogP contribution >= 0.6 is 23.2 Å². The molecular formula is C33H24Cl2. The van der Waals surface area contributed by atoms with Crippen LogP contribution in [-0.4, -0.2) is 0 Å². The fraction of sp³-hybridized carbons (Fsp3) is 0.152. The highest BCUT2D eigenvalue weighted by atomic mass is 35.5. The zero-order valence-electron chi connectivity index (χ0n) is 19.6. The molecule has 2 unspecified atom stereocenters. The van der Waals surface area contributed by atoms with Gasteiger partial charge in [-0.1, -0.05) is 107 Å². The van der Waals surface area contributed by atoms with Crippen molar-refractivity contribution in [2.45, 2.75) is 25.2 Å². The topological polar surface area (TPSA) is 0 Å². The molecule has 0 amide bonds. The second-order valence-corrected chi connectivity index (χ2v) is 11.0. The largest absolute Gasteiger partial charge is 0.0843 e. The lowest BCUT2D eigenvalue weighted by molar-refractivity contribution is 0.471. The van der Waals surface area contributed by atoms with Crippen LogP contribution in [0.25, 0.3) is 16.7 Å². The van der Waals surface area contributed by atoms with E-state index in [-0.39, 0.29) is 17.3 Å². The highest BCUT2D eigenvalue weighted by Gasteiger charge is 2.58. The number of fused-ring (bicyclic) bond motifs is 10. The fourth-order valence-electron chi connectivity index (χ4n) is 6.91. The first kappa shape index (κ1) is 21.2. The van der Waals surface area contributed by atoms with Gasteiger partial charge in [0.2, 0.25) is 0 Å². The molecule has 2 atom stereocenters. The lowest BCUT2D eigenvalue weighted by atomic mass is 9.64. The van der Waals surface area contributed by atoms with Crippen LogP contribution in [0.2, 0.25) is 10.0 Å². The Labute approximate surface area is 216 Å². The van der Waals surface area contributed by atoms with Crippen molar-refractivity contribution in [1.29, 1.82) is 0 Å². The van der Waals surface area contributed by atoms with E-state index in [9.17, 15) is 0 Å². The average Bonchev–Trinajstić information content (AvgIpc) is 3.30. The lowest BCUT2D eigenvalue weighted by Crippen LogP contribution is -2.33. The summed E-state index contributed by atoms with van der Waals surface area (Å²) in [5.74, 6) is 0.475. The molecule has 0 saturated carbocycles. The molecule has 0 aliphatic heterocycles. The van der Waals surface area contributed by atoms with Crippen LogP contribution < -0.4 is 0 Å². The van der Waals surface area contributed by atoms with Crippen LogP contribution in [0, 0.1) is 19.8 Å². The van der Waals surface area contributed by atoms with Crippen LogP contribution in [0.3, 0.4) is 0 Å². The molecule has 0 aromatic heterocycles. The quantitative estimate of drug-likeness (QED) is 0.249. The third-order valence-electron chi connectivity index (χ3n) is 8.23. The fourth-order valence-corrected chi connectivity index (χ4v) is 7.21. The van der Waals surface area contributed by atoms with Crippen molar-refractivity contribution in [2.24, 2.45) is 5.92 Å². The SMILES string of the molecule is Cc1ccc2c(c1)C1(c3cc(C)ccc3-2)c2cc(Cl)ccc2C2C(c3ccc(Cl)cc3)=CC=CC21. The number of allylic oxidation sites excluding steroid dienone is 4. The number of rotatable bonds is 1. The number of hydrogen-bond donors (Lipinski definition) is 0. The van der Waals surface area contributed by atoms with Gasteiger partial charge in [0, 0.05) is 21.9 Å². The molecule has 4 aromatic carbocycles. The Morgan fingerprint density at radius 3 is 1.94 bits per heavy atom. The predicted molar refractivity (Wildman–Crippen MR) is 147 cm³/mol. The van der Waals surface area contributed by atoms with E-state index in [1.54, 1.807) is 0 Å². The molecule has 3 aliphatic rings. The van der Waals surface area contributed by atoms with Gasteiger partial charge in [-0.15, -0.1) is 0 Å². The maximum atomic E-state index is 6.72. The Balaban J connectivity index is 1.58. The smallest absolute Gasteiger partial charge is 0.0538 e. The average molecular weight is 491 g/mol. The molecule has 7 rings (SSSR count). The number of hydrogen-bond acceptors (Lipinski definition) is 0. The van der Waals surface area contributed by atoms with Crippen molar-refractivity contribution in [1.82, 2.24) is 0 Å². The van der Waals surface area contributed by atoms with Gasteiger partial charge in [0.15, 0.2) is 0 Å². The van der Waals surface area contributed by atoms with Gasteiger partial charge >= 0.3 is 0 Å². The molecule has 0 saturated heterocycles. The molecule has 0 bridgehead atoms. The van der Waals surface area contributed by atoms with Crippen molar-refractivity contribution in [3.05, 3.63) is 146 Å². The molecule has 0 nitrogen and oxygen atoms in total. The minimum absolute atomic E-state index is 0.230. The van der Waals surface area contributed by atoms with E-state index in [0.717, 1.165) is 10.0 Å². The highest BCUT2D eigenvalue weighted by molar-refractivity contribution is 6.31. The van der Waals surface area contributed by atoms with Crippen molar-refractivity contribution >= 4 is 28.8 Å². The van der Waals surface area contributed by atoms with Gasteiger partial charge in [0.1, 0.15) is 0 Å². The van der Waals surface area contributed by atoms with E-state index in [4.69, 9.17) is 23.2 Å². The van der Waals surface area contributed by atoms with E-state index < -0.39 is 0 Å². The van der Waals surface area contributed by atoms with Crippen LogP contribution in [0.5, 0.6) is 0 Å². The third-order valence-corrected chi connectivity index (χ3v) is 8.72. The van der Waals surface area contributed by atoms with Crippen molar-refractivity contribution < 1.29 is 0 Å². The number of aryl methyl sites for hydroxylation is 2. The second-order valence-electron chi connectivity index (χ2n) is 10.2. The number of halogens is 2. The summed E-state index contributed by atoms with van der Waals surface area (Å²) in [4.78, 5) is 0. The van der Waals surface area contributed by atoms with Crippen LogP contribution in [0.15, 0.2) is 97.1 Å². The normalized spacial score (nSPS) is 20.3. The minimum atomic E-state index is -0.282. The Hall–Kier alpha value is -3.06. The molecule has 170 valence electrons. The van der Waals surface area contributed by atoms with Crippen molar-refractivity contribution in [3.63, 3.8) is 0 Å². The first-order valence-corrected chi connectivity index (χ1v) is 12.9. The van der Waals surface area contributed by atoms with Gasteiger partial charge in [-0.3, -0.25) is 0 Å². The molecule has 0 radical (unpaired) electrons. The summed E-state index contributed by atoms with van der Waals surface area (Å²) < 4.78 is 0. The van der Waals surface area contributed by atoms with E-state index >= 15 is 0 Å². The van der Waals surface area contributed by atoms with E-state index in [1.165, 1.54) is 55.6 Å². The van der Waals surface area contributed by atoms with Crippen molar-refractivity contribution in [2.75, 3.05) is 0 Å². The summed E-state index contributed by atoms with van der Waals surface area (Å²) >= 11 is 13.0. The monoisotopic (exact) mass is 490 g/mol. The van der Waals surface area contributed by atoms with Crippen LogP contribution in [-0.2, 0) is 5.41 Å². The van der Waals surface area contributed by atoms with Crippen LogP contribution in [0.4, 0.5) is 0 Å². The van der Waals surface area contributed by atoms with Gasteiger partial charge in [-0.2, -0.15) is 0 Å². The van der Waals surface area contributed by atoms with E-state index in [0.29, 0.717) is 0 Å². The van der Waals surface area contributed by atoms with E-state index in [1.807, 2.05) is 12.1 Å². The summed E-state index contributed by atoms with van der Waals surface area (Å²) in [7, 11) is 0. The molecule has 3 aliphatic carbocycles. The Morgan fingerprint density at radius 2 is 1.29 bits per heavy atom. The molecule has 2 heteroatoms. The van der Waals surface area contributed by atoms with Gasteiger partial charge < -0.3 is 0 Å². The first-order valence-electron chi connectivity index (χ1n) is 12.2. The van der Waals surface area contributed by atoms with Crippen LogP contribution in [0.1, 0.15) is 44.9 Å². The number of benzene rings is 4. The maximum absolute atomic E-state index is 6.72. The zero-order valence-corrected chi connectivity index (χ0v) is 21.2. The zero-order chi connectivity index (χ0) is 23.9. The summed E-state index contributed by atoms with van der Waals surface area (Å²) in [6.07, 6.45) is 6.97. The third kappa shape index (κ3) is 2.82. The minimum Gasteiger partial charge on any atom is -0.0843 e. The van der Waals surface area contributed by atoms with Gasteiger partial charge in [-0.25, -0.2) is 0 Å². The van der Waals surface area contributed by atoms with Crippen molar-refractivity contribution in [3.8, 4) is 11.1 Å². The molecule has 1 spiro atoms. The second kappa shape index (κ2) is 7.47. The van der Waals surface area contributed by atoms with Gasteiger partial charge in [0.25, 0.3) is 0 Å². The Bertz CT molecular complexity index is 1530. The molecular weight excluding hydrogens is 467 g/mol. The highest BCUT2D eigenvalue weighted by Crippen LogP contribution is 2.67. The summed E-state index contributed by atoms with van der Waals surface area (Å²) in [6.45, 7) is 4.40. The standard InChI is InChI=1S/C33H24Cl2/c1-19-6-13-25-26-14-7-20(2)17-30(26)33(29(25)16-19)28-5-3-4-24(21-8-10-22(34)11-9-21)32(28)27-15-12-23(35)18-31(27)33/h3-18,28,32H,1-2H3. The first-order chi connectivity index (χ1) is 17.0. The lowest BCUT2D eigenvalue weighted by Gasteiger charge is -2.38. The Morgan fingerprint density at radius 1 is 0.657 bits per heavy atom. The maximum Gasteiger partial charge on any atom is 0.0538 e. The van der Waals surface area contributed by atoms with E-state index in [2.05, 4.69) is 98.8 Å². The predicted octanol–water partition coefficient (Wildman–Crippen LogP) is 9.29. The van der Waals surface area contributed by atoms with Gasteiger partial charge in [0.05, 0.1) is 5.41 Å². The molecule has 35 heavy (non-hydrogen) atoms. The summed E-state index contributed by atoms with van der Waals surface area (Å²) in [6, 6.07) is 28.7. The summed E-state index contributed by atoms with van der Waals surface area (Å²) in [5.41, 5.74) is 13.0. The molecule has 0 fully saturated rings. The molecule has 4 aromatic rings. The Kier molecular flexibility index (Phi) is 4.53. The summed E-state index contributed by atoms with van der Waals surface area (Å²) in [5, 5.41) is 1.55. The molecule has 0 heterocycles.